The van der Waals surface area contributed by atoms with Crippen LogP contribution in [0.4, 0.5) is 0 Å². The Kier molecular flexibility index (Phi) is 4.37. The van der Waals surface area contributed by atoms with Crippen molar-refractivity contribution in [1.82, 2.24) is 0 Å². The van der Waals surface area contributed by atoms with E-state index in [0.717, 1.165) is 5.75 Å². The summed E-state index contributed by atoms with van der Waals surface area (Å²) in [6.45, 7) is 8.06. The van der Waals surface area contributed by atoms with Crippen LogP contribution in [0, 0.1) is 0 Å². The fourth-order valence-corrected chi connectivity index (χ4v) is 1.39. The summed E-state index contributed by atoms with van der Waals surface area (Å²) >= 11 is 1.83. The minimum atomic E-state index is -0.506. The van der Waals surface area contributed by atoms with Crippen molar-refractivity contribution >= 4 is 11.8 Å². The highest BCUT2D eigenvalue weighted by molar-refractivity contribution is 7.99. The Balaban J connectivity index is 3.36. The van der Waals surface area contributed by atoms with Crippen LogP contribution in [0.2, 0.25) is 0 Å². The van der Waals surface area contributed by atoms with Gasteiger partial charge < -0.3 is 5.11 Å². The molecule has 0 aromatic carbocycles. The van der Waals surface area contributed by atoms with E-state index in [0.29, 0.717) is 5.25 Å². The molecule has 0 aromatic heterocycles. The third-order valence-corrected chi connectivity index (χ3v) is 3.07. The molecule has 0 amide bonds. The zero-order valence-electron chi connectivity index (χ0n) is 7.35. The standard InChI is InChI=1S/C8H18OS/c1-5-7(2)10-6-8(3,4)9/h7,9H,5-6H2,1-4H3. The molecule has 0 aliphatic carbocycles. The summed E-state index contributed by atoms with van der Waals surface area (Å²) in [5.41, 5.74) is -0.506. The van der Waals surface area contributed by atoms with Gasteiger partial charge in [-0.05, 0) is 20.3 Å². The third-order valence-electron chi connectivity index (χ3n) is 1.30. The molecule has 0 fully saturated rings. The molecular weight excluding hydrogens is 144 g/mol. The average molecular weight is 162 g/mol. The maximum atomic E-state index is 9.34. The number of thioether (sulfide) groups is 1. The van der Waals surface area contributed by atoms with Crippen molar-refractivity contribution in [3.8, 4) is 0 Å². The molecule has 1 unspecified atom stereocenters. The Bertz CT molecular complexity index is 85.7. The predicted molar refractivity (Wildman–Crippen MR) is 48.5 cm³/mol. The summed E-state index contributed by atoms with van der Waals surface area (Å²) in [4.78, 5) is 0. The Morgan fingerprint density at radius 1 is 1.50 bits per heavy atom. The first-order chi connectivity index (χ1) is 4.45. The minimum Gasteiger partial charge on any atom is -0.390 e. The second-order valence-corrected chi connectivity index (χ2v) is 4.77. The van der Waals surface area contributed by atoms with Crippen LogP contribution in [0.5, 0.6) is 0 Å². The lowest BCUT2D eigenvalue weighted by molar-refractivity contribution is 0.107. The van der Waals surface area contributed by atoms with E-state index in [1.54, 1.807) is 0 Å². The largest absolute Gasteiger partial charge is 0.390 e. The van der Waals surface area contributed by atoms with E-state index in [9.17, 15) is 5.11 Å². The number of rotatable bonds is 4. The molecular formula is C8H18OS. The highest BCUT2D eigenvalue weighted by Crippen LogP contribution is 2.18. The fraction of sp³-hybridized carbons (Fsp3) is 1.00. The molecule has 0 saturated carbocycles. The van der Waals surface area contributed by atoms with Crippen LogP contribution < -0.4 is 0 Å². The molecule has 10 heavy (non-hydrogen) atoms. The fourth-order valence-electron chi connectivity index (χ4n) is 0.464. The minimum absolute atomic E-state index is 0.506. The van der Waals surface area contributed by atoms with Crippen molar-refractivity contribution in [2.45, 2.75) is 45.0 Å². The molecule has 0 heterocycles. The van der Waals surface area contributed by atoms with E-state index in [1.807, 2.05) is 25.6 Å². The molecule has 0 aliphatic heterocycles. The number of hydrogen-bond acceptors (Lipinski definition) is 2. The quantitative estimate of drug-likeness (QED) is 0.684. The molecule has 0 bridgehead atoms. The normalized spacial score (nSPS) is 15.3. The van der Waals surface area contributed by atoms with Crippen LogP contribution in [0.25, 0.3) is 0 Å². The van der Waals surface area contributed by atoms with Gasteiger partial charge in [0, 0.05) is 11.0 Å². The molecule has 62 valence electrons. The predicted octanol–water partition coefficient (Wildman–Crippen LogP) is 2.29. The van der Waals surface area contributed by atoms with Gasteiger partial charge in [0.15, 0.2) is 0 Å². The van der Waals surface area contributed by atoms with Gasteiger partial charge in [-0.25, -0.2) is 0 Å². The van der Waals surface area contributed by atoms with Gasteiger partial charge in [0.1, 0.15) is 0 Å². The molecule has 1 N–H and O–H groups in total. The SMILES string of the molecule is CCC(C)SCC(C)(C)O. The van der Waals surface area contributed by atoms with Gasteiger partial charge in [-0.1, -0.05) is 13.8 Å². The van der Waals surface area contributed by atoms with E-state index in [4.69, 9.17) is 0 Å². The molecule has 0 saturated heterocycles. The molecule has 1 atom stereocenters. The van der Waals surface area contributed by atoms with Crippen LogP contribution in [-0.4, -0.2) is 21.7 Å². The first-order valence-corrected chi connectivity index (χ1v) is 4.84. The zero-order chi connectivity index (χ0) is 8.20. The molecule has 1 nitrogen and oxygen atoms in total. The van der Waals surface area contributed by atoms with Crippen LogP contribution in [-0.2, 0) is 0 Å². The third kappa shape index (κ3) is 6.43. The molecule has 0 aromatic rings. The van der Waals surface area contributed by atoms with Gasteiger partial charge >= 0.3 is 0 Å². The first kappa shape index (κ1) is 10.3. The lowest BCUT2D eigenvalue weighted by atomic mass is 10.2. The van der Waals surface area contributed by atoms with Gasteiger partial charge in [-0.3, -0.25) is 0 Å². The summed E-state index contributed by atoms with van der Waals surface area (Å²) in [6.07, 6.45) is 1.18. The van der Waals surface area contributed by atoms with Crippen molar-refractivity contribution in [3.05, 3.63) is 0 Å². The van der Waals surface area contributed by atoms with E-state index in [2.05, 4.69) is 13.8 Å². The second-order valence-electron chi connectivity index (χ2n) is 3.34. The number of aliphatic hydroxyl groups is 1. The maximum absolute atomic E-state index is 9.34. The summed E-state index contributed by atoms with van der Waals surface area (Å²) in [5.74, 6) is 0.835. The van der Waals surface area contributed by atoms with E-state index < -0.39 is 5.60 Å². The monoisotopic (exact) mass is 162 g/mol. The van der Waals surface area contributed by atoms with Crippen LogP contribution in [0.3, 0.4) is 0 Å². The smallest absolute Gasteiger partial charge is 0.0681 e. The first-order valence-electron chi connectivity index (χ1n) is 3.79. The Morgan fingerprint density at radius 3 is 2.30 bits per heavy atom. The topological polar surface area (TPSA) is 20.2 Å². The Morgan fingerprint density at radius 2 is 2.00 bits per heavy atom. The lowest BCUT2D eigenvalue weighted by Crippen LogP contribution is -2.23. The van der Waals surface area contributed by atoms with Gasteiger partial charge in [0.25, 0.3) is 0 Å². The van der Waals surface area contributed by atoms with Gasteiger partial charge in [0.2, 0.25) is 0 Å². The highest BCUT2D eigenvalue weighted by Gasteiger charge is 2.13. The molecule has 0 aliphatic rings. The van der Waals surface area contributed by atoms with Crippen molar-refractivity contribution in [1.29, 1.82) is 0 Å². The summed E-state index contributed by atoms with van der Waals surface area (Å²) in [5, 5.41) is 10.0. The second kappa shape index (κ2) is 4.24. The van der Waals surface area contributed by atoms with E-state index in [1.165, 1.54) is 6.42 Å². The van der Waals surface area contributed by atoms with Crippen LogP contribution >= 0.6 is 11.8 Å². The van der Waals surface area contributed by atoms with E-state index >= 15 is 0 Å². The van der Waals surface area contributed by atoms with Crippen molar-refractivity contribution in [2.24, 2.45) is 0 Å². The molecule has 0 rings (SSSR count). The molecule has 0 radical (unpaired) electrons. The Hall–Kier alpha value is 0.310. The van der Waals surface area contributed by atoms with E-state index in [-0.39, 0.29) is 0 Å². The highest BCUT2D eigenvalue weighted by atomic mass is 32.2. The van der Waals surface area contributed by atoms with Gasteiger partial charge in [0.05, 0.1) is 5.60 Å². The molecule has 2 heteroatoms. The summed E-state index contributed by atoms with van der Waals surface area (Å²) < 4.78 is 0. The maximum Gasteiger partial charge on any atom is 0.0681 e. The van der Waals surface area contributed by atoms with Gasteiger partial charge in [-0.15, -0.1) is 0 Å². The number of hydrogen-bond donors (Lipinski definition) is 1. The van der Waals surface area contributed by atoms with Crippen molar-refractivity contribution in [2.75, 3.05) is 5.75 Å². The lowest BCUT2D eigenvalue weighted by Gasteiger charge is -2.18. The van der Waals surface area contributed by atoms with Gasteiger partial charge in [-0.2, -0.15) is 11.8 Å². The van der Waals surface area contributed by atoms with Crippen LogP contribution in [0.1, 0.15) is 34.1 Å². The summed E-state index contributed by atoms with van der Waals surface area (Å²) in [7, 11) is 0. The average Bonchev–Trinajstić information content (AvgIpc) is 1.81. The zero-order valence-corrected chi connectivity index (χ0v) is 8.16. The van der Waals surface area contributed by atoms with Crippen molar-refractivity contribution in [3.63, 3.8) is 0 Å². The Labute approximate surface area is 68.2 Å². The van der Waals surface area contributed by atoms with Crippen molar-refractivity contribution < 1.29 is 5.11 Å². The molecule has 0 spiro atoms. The van der Waals surface area contributed by atoms with Crippen LogP contribution in [0.15, 0.2) is 0 Å². The summed E-state index contributed by atoms with van der Waals surface area (Å²) in [6, 6.07) is 0.